The number of rotatable bonds is 2. The second-order valence-electron chi connectivity index (χ2n) is 7.13. The van der Waals surface area contributed by atoms with E-state index >= 15 is 0 Å². The van der Waals surface area contributed by atoms with E-state index in [1.54, 1.807) is 0 Å². The van der Waals surface area contributed by atoms with Crippen molar-refractivity contribution in [1.29, 1.82) is 0 Å². The third-order valence-corrected chi connectivity index (χ3v) is 6.00. The summed E-state index contributed by atoms with van der Waals surface area (Å²) in [5.41, 5.74) is 3.39. The molecule has 2 atom stereocenters. The SMILES string of the molecule is CCC1(O)CCN2CCc3ccccc3C2(c2ccccc2)C1. The Bertz CT molecular complexity index is 698. The Labute approximate surface area is 138 Å². The van der Waals surface area contributed by atoms with Gasteiger partial charge in [0.05, 0.1) is 11.1 Å². The lowest BCUT2D eigenvalue weighted by Gasteiger charge is -2.56. The van der Waals surface area contributed by atoms with Crippen molar-refractivity contribution in [3.8, 4) is 0 Å². The maximum atomic E-state index is 11.1. The zero-order valence-corrected chi connectivity index (χ0v) is 13.8. The summed E-state index contributed by atoms with van der Waals surface area (Å²) in [6, 6.07) is 19.6. The van der Waals surface area contributed by atoms with E-state index in [9.17, 15) is 5.11 Å². The molecule has 2 aliphatic rings. The summed E-state index contributed by atoms with van der Waals surface area (Å²) in [6.07, 6.45) is 3.59. The van der Waals surface area contributed by atoms with Gasteiger partial charge in [0.25, 0.3) is 0 Å². The number of aliphatic hydroxyl groups is 1. The Morgan fingerprint density at radius 2 is 1.74 bits per heavy atom. The molecule has 0 saturated carbocycles. The van der Waals surface area contributed by atoms with Gasteiger partial charge in [-0.1, -0.05) is 61.5 Å². The summed E-state index contributed by atoms with van der Waals surface area (Å²) < 4.78 is 0. The van der Waals surface area contributed by atoms with Gasteiger partial charge in [0.1, 0.15) is 0 Å². The van der Waals surface area contributed by atoms with Crippen LogP contribution in [-0.4, -0.2) is 28.7 Å². The van der Waals surface area contributed by atoms with Crippen molar-refractivity contribution in [2.45, 2.75) is 43.7 Å². The van der Waals surface area contributed by atoms with E-state index in [4.69, 9.17) is 0 Å². The maximum Gasteiger partial charge on any atom is 0.0745 e. The van der Waals surface area contributed by atoms with E-state index in [1.807, 2.05) is 0 Å². The molecule has 23 heavy (non-hydrogen) atoms. The highest BCUT2D eigenvalue weighted by Crippen LogP contribution is 2.50. The highest BCUT2D eigenvalue weighted by Gasteiger charge is 2.51. The average molecular weight is 307 g/mol. The minimum Gasteiger partial charge on any atom is -0.390 e. The fourth-order valence-corrected chi connectivity index (χ4v) is 4.63. The molecule has 2 aromatic rings. The van der Waals surface area contributed by atoms with Crippen LogP contribution in [0.15, 0.2) is 54.6 Å². The van der Waals surface area contributed by atoms with Crippen LogP contribution in [0.5, 0.6) is 0 Å². The molecule has 0 aliphatic carbocycles. The fraction of sp³-hybridized carbons (Fsp3) is 0.429. The molecule has 1 saturated heterocycles. The second-order valence-corrected chi connectivity index (χ2v) is 7.13. The minimum absolute atomic E-state index is 0.181. The lowest BCUT2D eigenvalue weighted by molar-refractivity contribution is -0.0824. The molecule has 0 aromatic heterocycles. The van der Waals surface area contributed by atoms with Gasteiger partial charge < -0.3 is 5.11 Å². The first-order valence-corrected chi connectivity index (χ1v) is 8.79. The Balaban J connectivity index is 1.95. The molecular weight excluding hydrogens is 282 g/mol. The van der Waals surface area contributed by atoms with Crippen LogP contribution in [0.1, 0.15) is 42.9 Å². The first kappa shape index (κ1) is 14.9. The number of piperidine rings is 1. The minimum atomic E-state index is -0.573. The molecule has 2 aromatic carbocycles. The highest BCUT2D eigenvalue weighted by atomic mass is 16.3. The summed E-state index contributed by atoms with van der Waals surface area (Å²) in [7, 11) is 0. The van der Waals surface area contributed by atoms with E-state index in [0.717, 1.165) is 38.8 Å². The molecule has 0 amide bonds. The summed E-state index contributed by atoms with van der Waals surface area (Å²) in [5.74, 6) is 0. The Hall–Kier alpha value is -1.64. The van der Waals surface area contributed by atoms with E-state index in [-0.39, 0.29) is 5.54 Å². The fourth-order valence-electron chi connectivity index (χ4n) is 4.63. The van der Waals surface area contributed by atoms with Crippen LogP contribution in [-0.2, 0) is 12.0 Å². The Morgan fingerprint density at radius 1 is 1.00 bits per heavy atom. The molecule has 4 rings (SSSR count). The van der Waals surface area contributed by atoms with E-state index in [0.29, 0.717) is 0 Å². The summed E-state index contributed by atoms with van der Waals surface area (Å²) >= 11 is 0. The summed E-state index contributed by atoms with van der Waals surface area (Å²) in [6.45, 7) is 4.16. The third kappa shape index (κ3) is 2.24. The van der Waals surface area contributed by atoms with Crippen LogP contribution < -0.4 is 0 Å². The highest BCUT2D eigenvalue weighted by molar-refractivity contribution is 5.46. The molecule has 1 N–H and O–H groups in total. The molecule has 0 bridgehead atoms. The lowest BCUT2D eigenvalue weighted by Crippen LogP contribution is -2.60. The van der Waals surface area contributed by atoms with Gasteiger partial charge in [0.15, 0.2) is 0 Å². The predicted molar refractivity (Wildman–Crippen MR) is 93.4 cm³/mol. The van der Waals surface area contributed by atoms with Crippen molar-refractivity contribution < 1.29 is 5.11 Å². The largest absolute Gasteiger partial charge is 0.390 e. The van der Waals surface area contributed by atoms with Crippen molar-refractivity contribution in [3.63, 3.8) is 0 Å². The van der Waals surface area contributed by atoms with Crippen LogP contribution in [0.2, 0.25) is 0 Å². The molecule has 120 valence electrons. The van der Waals surface area contributed by atoms with Gasteiger partial charge in [-0.2, -0.15) is 0 Å². The lowest BCUT2D eigenvalue weighted by atomic mass is 9.66. The van der Waals surface area contributed by atoms with Crippen LogP contribution in [0.3, 0.4) is 0 Å². The zero-order valence-electron chi connectivity index (χ0n) is 13.8. The smallest absolute Gasteiger partial charge is 0.0745 e. The second kappa shape index (κ2) is 5.47. The summed E-state index contributed by atoms with van der Waals surface area (Å²) in [5, 5.41) is 11.1. The van der Waals surface area contributed by atoms with Crippen LogP contribution in [0, 0.1) is 0 Å². The standard InChI is InChI=1S/C21H25NO/c1-2-20(23)13-15-22-14-12-17-8-6-7-11-19(17)21(22,16-20)18-9-4-3-5-10-18/h3-11,23H,2,12-16H2,1H3. The molecule has 2 nitrogen and oxygen atoms in total. The van der Waals surface area contributed by atoms with Crippen LogP contribution in [0.4, 0.5) is 0 Å². The molecule has 1 fully saturated rings. The van der Waals surface area contributed by atoms with Gasteiger partial charge in [-0.15, -0.1) is 0 Å². The van der Waals surface area contributed by atoms with E-state index in [1.165, 1.54) is 16.7 Å². The number of hydrogen-bond acceptors (Lipinski definition) is 2. The molecule has 2 aliphatic heterocycles. The van der Waals surface area contributed by atoms with Crippen LogP contribution in [0.25, 0.3) is 0 Å². The van der Waals surface area contributed by atoms with E-state index in [2.05, 4.69) is 66.4 Å². The molecule has 2 heteroatoms. The predicted octanol–water partition coefficient (Wildman–Crippen LogP) is 3.72. The van der Waals surface area contributed by atoms with Gasteiger partial charge in [-0.25, -0.2) is 0 Å². The van der Waals surface area contributed by atoms with Gasteiger partial charge in [-0.05, 0) is 36.0 Å². The Morgan fingerprint density at radius 3 is 2.52 bits per heavy atom. The van der Waals surface area contributed by atoms with Gasteiger partial charge in [0.2, 0.25) is 0 Å². The number of fused-ring (bicyclic) bond motifs is 3. The maximum absolute atomic E-state index is 11.1. The first-order valence-electron chi connectivity index (χ1n) is 8.79. The molecule has 0 spiro atoms. The van der Waals surface area contributed by atoms with Crippen molar-refractivity contribution in [1.82, 2.24) is 4.90 Å². The van der Waals surface area contributed by atoms with Crippen LogP contribution >= 0.6 is 0 Å². The van der Waals surface area contributed by atoms with Crippen molar-refractivity contribution in [3.05, 3.63) is 71.3 Å². The van der Waals surface area contributed by atoms with E-state index < -0.39 is 5.60 Å². The van der Waals surface area contributed by atoms with Crippen molar-refractivity contribution in [2.75, 3.05) is 13.1 Å². The van der Waals surface area contributed by atoms with Crippen molar-refractivity contribution >= 4 is 0 Å². The third-order valence-electron chi connectivity index (χ3n) is 6.00. The molecule has 2 unspecified atom stereocenters. The quantitative estimate of drug-likeness (QED) is 0.914. The van der Waals surface area contributed by atoms with Gasteiger partial charge in [0, 0.05) is 19.5 Å². The molecule has 0 radical (unpaired) electrons. The normalized spacial score (nSPS) is 30.5. The van der Waals surface area contributed by atoms with Crippen molar-refractivity contribution in [2.24, 2.45) is 0 Å². The molecule has 2 heterocycles. The average Bonchev–Trinajstić information content (AvgIpc) is 2.62. The topological polar surface area (TPSA) is 23.5 Å². The zero-order chi connectivity index (χ0) is 15.9. The van der Waals surface area contributed by atoms with Gasteiger partial charge in [-0.3, -0.25) is 4.90 Å². The Kier molecular flexibility index (Phi) is 3.55. The number of hydrogen-bond donors (Lipinski definition) is 1. The summed E-state index contributed by atoms with van der Waals surface area (Å²) in [4.78, 5) is 2.61. The monoisotopic (exact) mass is 307 g/mol. The number of nitrogens with zero attached hydrogens (tertiary/aromatic N) is 1. The van der Waals surface area contributed by atoms with Gasteiger partial charge >= 0.3 is 0 Å². The first-order chi connectivity index (χ1) is 11.2. The molecular formula is C21H25NO. The number of benzene rings is 2.